The number of nitrogens with zero attached hydrogens (tertiary/aromatic N) is 4. The van der Waals surface area contributed by atoms with Crippen molar-refractivity contribution in [1.82, 2.24) is 5.06 Å². The fourth-order valence-electron chi connectivity index (χ4n) is 1.94. The molecule has 0 saturated carbocycles. The molecule has 20 heavy (non-hydrogen) atoms. The molecule has 5 nitrogen and oxygen atoms in total. The lowest BCUT2D eigenvalue weighted by Crippen LogP contribution is -2.31. The molecule has 1 aromatic rings. The van der Waals surface area contributed by atoms with Crippen molar-refractivity contribution in [3.63, 3.8) is 0 Å². The van der Waals surface area contributed by atoms with Gasteiger partial charge in [0, 0.05) is 25.5 Å². The second-order valence-electron chi connectivity index (χ2n) is 4.74. The van der Waals surface area contributed by atoms with Crippen LogP contribution in [0.5, 0.6) is 0 Å². The Morgan fingerprint density at radius 3 is 2.50 bits per heavy atom. The van der Waals surface area contributed by atoms with Gasteiger partial charge in [-0.1, -0.05) is 6.08 Å². The quantitative estimate of drug-likeness (QED) is 0.788. The standard InChI is InChI=1S/C15H20N4O/c1-12-6-5-7-15(19(12)20-4)17-16-13-8-10-14(11-9-13)18(2)3/h5-11,15H,1-4H3. The highest BCUT2D eigenvalue weighted by Crippen LogP contribution is 2.21. The van der Waals surface area contributed by atoms with E-state index in [0.29, 0.717) is 0 Å². The Kier molecular flexibility index (Phi) is 4.53. The molecule has 1 heterocycles. The molecule has 0 radical (unpaired) electrons. The maximum absolute atomic E-state index is 5.31. The van der Waals surface area contributed by atoms with Crippen LogP contribution >= 0.6 is 0 Å². The number of rotatable bonds is 4. The first kappa shape index (κ1) is 14.3. The summed E-state index contributed by atoms with van der Waals surface area (Å²) in [4.78, 5) is 7.36. The van der Waals surface area contributed by atoms with Gasteiger partial charge in [-0.15, -0.1) is 0 Å². The summed E-state index contributed by atoms with van der Waals surface area (Å²) < 4.78 is 0. The van der Waals surface area contributed by atoms with Crippen LogP contribution in [0.15, 0.2) is 58.4 Å². The van der Waals surface area contributed by atoms with Crippen molar-refractivity contribution in [3.8, 4) is 0 Å². The summed E-state index contributed by atoms with van der Waals surface area (Å²) in [6.07, 6.45) is 5.65. The van der Waals surface area contributed by atoms with Crippen molar-refractivity contribution in [1.29, 1.82) is 0 Å². The van der Waals surface area contributed by atoms with E-state index in [-0.39, 0.29) is 6.17 Å². The third-order valence-electron chi connectivity index (χ3n) is 3.06. The molecular weight excluding hydrogens is 252 g/mol. The normalized spacial score (nSPS) is 18.5. The number of anilines is 1. The van der Waals surface area contributed by atoms with Crippen molar-refractivity contribution in [3.05, 3.63) is 48.2 Å². The predicted octanol–water partition coefficient (Wildman–Crippen LogP) is 3.50. The number of hydrogen-bond acceptors (Lipinski definition) is 5. The van der Waals surface area contributed by atoms with Gasteiger partial charge in [0.15, 0.2) is 6.17 Å². The van der Waals surface area contributed by atoms with E-state index >= 15 is 0 Å². The Morgan fingerprint density at radius 2 is 1.90 bits per heavy atom. The summed E-state index contributed by atoms with van der Waals surface area (Å²) in [5, 5.41) is 10.3. The average molecular weight is 272 g/mol. The molecule has 0 amide bonds. The fraction of sp³-hybridized carbons (Fsp3) is 0.333. The molecule has 1 atom stereocenters. The largest absolute Gasteiger partial charge is 0.378 e. The van der Waals surface area contributed by atoms with E-state index in [4.69, 9.17) is 4.84 Å². The number of hydrogen-bond donors (Lipinski definition) is 0. The van der Waals surface area contributed by atoms with E-state index in [2.05, 4.69) is 10.2 Å². The van der Waals surface area contributed by atoms with Gasteiger partial charge in [0.2, 0.25) is 0 Å². The number of azo groups is 1. The summed E-state index contributed by atoms with van der Waals surface area (Å²) in [5.74, 6) is 0. The molecule has 2 rings (SSSR count). The first-order valence-electron chi connectivity index (χ1n) is 6.48. The molecule has 1 aliphatic rings. The van der Waals surface area contributed by atoms with Crippen molar-refractivity contribution in [2.45, 2.75) is 13.1 Å². The minimum Gasteiger partial charge on any atom is -0.378 e. The van der Waals surface area contributed by atoms with Gasteiger partial charge in [0.25, 0.3) is 0 Å². The third kappa shape index (κ3) is 3.24. The SMILES string of the molecule is CON1C(C)=CC=CC1N=Nc1ccc(N(C)C)cc1. The van der Waals surface area contributed by atoms with E-state index < -0.39 is 0 Å². The van der Waals surface area contributed by atoms with Crippen LogP contribution in [0.1, 0.15) is 6.92 Å². The second-order valence-corrected chi connectivity index (χ2v) is 4.74. The molecule has 1 unspecified atom stereocenters. The van der Waals surface area contributed by atoms with Crippen LogP contribution in [-0.2, 0) is 4.84 Å². The summed E-state index contributed by atoms with van der Waals surface area (Å²) in [7, 11) is 5.65. The van der Waals surface area contributed by atoms with E-state index in [1.807, 2.05) is 68.4 Å². The van der Waals surface area contributed by atoms with Gasteiger partial charge in [-0.3, -0.25) is 4.84 Å². The van der Waals surface area contributed by atoms with Crippen molar-refractivity contribution in [2.75, 3.05) is 26.1 Å². The van der Waals surface area contributed by atoms with Crippen LogP contribution in [-0.4, -0.2) is 32.4 Å². The number of hydroxylamine groups is 2. The zero-order valence-electron chi connectivity index (χ0n) is 12.3. The van der Waals surface area contributed by atoms with Gasteiger partial charge < -0.3 is 4.90 Å². The highest BCUT2D eigenvalue weighted by Gasteiger charge is 2.17. The summed E-state index contributed by atoms with van der Waals surface area (Å²) in [6.45, 7) is 1.97. The molecule has 0 aliphatic carbocycles. The van der Waals surface area contributed by atoms with Gasteiger partial charge in [0.1, 0.15) is 0 Å². The molecule has 5 heteroatoms. The van der Waals surface area contributed by atoms with Crippen LogP contribution in [0.3, 0.4) is 0 Å². The molecular formula is C15H20N4O. The maximum atomic E-state index is 5.31. The summed E-state index contributed by atoms with van der Waals surface area (Å²) in [5.41, 5.74) is 2.97. The van der Waals surface area contributed by atoms with E-state index in [9.17, 15) is 0 Å². The number of allylic oxidation sites excluding steroid dienone is 3. The van der Waals surface area contributed by atoms with Crippen LogP contribution in [0.4, 0.5) is 11.4 Å². The lowest BCUT2D eigenvalue weighted by Gasteiger charge is -2.27. The Morgan fingerprint density at radius 1 is 1.20 bits per heavy atom. The smallest absolute Gasteiger partial charge is 0.185 e. The highest BCUT2D eigenvalue weighted by molar-refractivity contribution is 5.51. The van der Waals surface area contributed by atoms with Gasteiger partial charge in [-0.05, 0) is 43.3 Å². The van der Waals surface area contributed by atoms with Gasteiger partial charge in [-0.2, -0.15) is 10.2 Å². The maximum Gasteiger partial charge on any atom is 0.185 e. The van der Waals surface area contributed by atoms with Crippen LogP contribution < -0.4 is 4.90 Å². The molecule has 0 spiro atoms. The molecule has 106 valence electrons. The Labute approximate surface area is 119 Å². The lowest BCUT2D eigenvalue weighted by molar-refractivity contribution is -0.120. The molecule has 0 fully saturated rings. The van der Waals surface area contributed by atoms with Crippen LogP contribution in [0, 0.1) is 0 Å². The minimum absolute atomic E-state index is 0.224. The van der Waals surface area contributed by atoms with Crippen molar-refractivity contribution in [2.24, 2.45) is 10.2 Å². The molecule has 1 aliphatic heterocycles. The highest BCUT2D eigenvalue weighted by atomic mass is 16.7. The molecule has 0 bridgehead atoms. The van der Waals surface area contributed by atoms with Gasteiger partial charge in [0.05, 0.1) is 12.8 Å². The zero-order chi connectivity index (χ0) is 14.5. The lowest BCUT2D eigenvalue weighted by atomic mass is 10.2. The van der Waals surface area contributed by atoms with Gasteiger partial charge >= 0.3 is 0 Å². The average Bonchev–Trinajstić information content (AvgIpc) is 2.45. The van der Waals surface area contributed by atoms with E-state index in [1.54, 1.807) is 12.2 Å². The van der Waals surface area contributed by atoms with E-state index in [0.717, 1.165) is 17.1 Å². The van der Waals surface area contributed by atoms with Crippen LogP contribution in [0.25, 0.3) is 0 Å². The molecule has 0 N–H and O–H groups in total. The monoisotopic (exact) mass is 272 g/mol. The molecule has 0 aromatic heterocycles. The first-order chi connectivity index (χ1) is 9.61. The zero-order valence-corrected chi connectivity index (χ0v) is 12.3. The van der Waals surface area contributed by atoms with Crippen molar-refractivity contribution >= 4 is 11.4 Å². The van der Waals surface area contributed by atoms with Gasteiger partial charge in [-0.25, -0.2) is 5.06 Å². The Bertz CT molecular complexity index is 531. The summed E-state index contributed by atoms with van der Waals surface area (Å²) >= 11 is 0. The Balaban J connectivity index is 2.09. The fourth-order valence-corrected chi connectivity index (χ4v) is 1.94. The predicted molar refractivity (Wildman–Crippen MR) is 80.8 cm³/mol. The van der Waals surface area contributed by atoms with E-state index in [1.165, 1.54) is 0 Å². The Hall–Kier alpha value is -2.14. The first-order valence-corrected chi connectivity index (χ1v) is 6.48. The van der Waals surface area contributed by atoms with Crippen molar-refractivity contribution < 1.29 is 4.84 Å². The molecule has 1 aromatic carbocycles. The third-order valence-corrected chi connectivity index (χ3v) is 3.06. The topological polar surface area (TPSA) is 40.4 Å². The minimum atomic E-state index is -0.224. The summed E-state index contributed by atoms with van der Waals surface area (Å²) in [6, 6.07) is 7.94. The second kappa shape index (κ2) is 6.34. The molecule has 0 saturated heterocycles. The van der Waals surface area contributed by atoms with Crippen LogP contribution in [0.2, 0.25) is 0 Å². The number of benzene rings is 1.